The van der Waals surface area contributed by atoms with Gasteiger partial charge in [0, 0.05) is 17.6 Å². The van der Waals surface area contributed by atoms with E-state index in [4.69, 9.17) is 10.5 Å². The minimum Gasteiger partial charge on any atom is -0.485 e. The van der Waals surface area contributed by atoms with Crippen molar-refractivity contribution < 1.29 is 4.74 Å². The monoisotopic (exact) mass is 240 g/mol. The van der Waals surface area contributed by atoms with Crippen molar-refractivity contribution in [1.82, 2.24) is 4.98 Å². The highest BCUT2D eigenvalue weighted by molar-refractivity contribution is 7.10. The van der Waals surface area contributed by atoms with Crippen molar-refractivity contribution in [2.45, 2.75) is 20.1 Å². The van der Waals surface area contributed by atoms with Crippen molar-refractivity contribution in [1.29, 1.82) is 0 Å². The number of thiazole rings is 1. The number of aryl methyl sites for hydroxylation is 1. The first kappa shape index (κ1) is 10.6. The quantitative estimate of drug-likeness (QED) is 0.893. The highest BCUT2D eigenvalue weighted by Gasteiger charge is 2.05. The molecule has 0 saturated heterocycles. The SMILES string of the molecule is Cc1csc(COc2ccsc2CN)n1. The smallest absolute Gasteiger partial charge is 0.140 e. The second kappa shape index (κ2) is 4.74. The van der Waals surface area contributed by atoms with Crippen LogP contribution < -0.4 is 10.5 Å². The topological polar surface area (TPSA) is 48.1 Å². The lowest BCUT2D eigenvalue weighted by atomic mass is 10.4. The Kier molecular flexibility index (Phi) is 3.35. The van der Waals surface area contributed by atoms with Gasteiger partial charge >= 0.3 is 0 Å². The van der Waals surface area contributed by atoms with Crippen LogP contribution in [-0.2, 0) is 13.2 Å². The average Bonchev–Trinajstić information content (AvgIpc) is 2.83. The van der Waals surface area contributed by atoms with E-state index in [9.17, 15) is 0 Å². The highest BCUT2D eigenvalue weighted by atomic mass is 32.1. The van der Waals surface area contributed by atoms with Crippen LogP contribution in [0.4, 0.5) is 0 Å². The lowest BCUT2D eigenvalue weighted by Crippen LogP contribution is -1.99. The molecular weight excluding hydrogens is 228 g/mol. The van der Waals surface area contributed by atoms with Crippen LogP contribution in [0.2, 0.25) is 0 Å². The maximum Gasteiger partial charge on any atom is 0.140 e. The zero-order valence-corrected chi connectivity index (χ0v) is 10.0. The fourth-order valence-electron chi connectivity index (χ4n) is 1.21. The molecule has 0 aliphatic carbocycles. The van der Waals surface area contributed by atoms with Crippen LogP contribution in [-0.4, -0.2) is 4.98 Å². The Balaban J connectivity index is 1.98. The van der Waals surface area contributed by atoms with Gasteiger partial charge in [-0.15, -0.1) is 22.7 Å². The van der Waals surface area contributed by atoms with E-state index in [0.29, 0.717) is 13.2 Å². The van der Waals surface area contributed by atoms with Gasteiger partial charge in [-0.1, -0.05) is 0 Å². The highest BCUT2D eigenvalue weighted by Crippen LogP contribution is 2.25. The number of rotatable bonds is 4. The first-order chi connectivity index (χ1) is 7.29. The lowest BCUT2D eigenvalue weighted by Gasteiger charge is -2.03. The summed E-state index contributed by atoms with van der Waals surface area (Å²) in [5, 5.41) is 5.02. The molecule has 0 amide bonds. The molecule has 0 unspecified atom stereocenters. The Morgan fingerprint density at radius 2 is 2.33 bits per heavy atom. The minimum absolute atomic E-state index is 0.530. The second-order valence-corrected chi connectivity index (χ2v) is 5.03. The van der Waals surface area contributed by atoms with Gasteiger partial charge in [-0.3, -0.25) is 0 Å². The van der Waals surface area contributed by atoms with Crippen molar-refractivity contribution in [3.05, 3.63) is 32.4 Å². The average molecular weight is 240 g/mol. The van der Waals surface area contributed by atoms with Gasteiger partial charge in [0.25, 0.3) is 0 Å². The molecule has 0 fully saturated rings. The minimum atomic E-state index is 0.530. The number of thiophene rings is 1. The van der Waals surface area contributed by atoms with E-state index < -0.39 is 0 Å². The van der Waals surface area contributed by atoms with Crippen LogP contribution in [0.25, 0.3) is 0 Å². The Morgan fingerprint density at radius 1 is 1.47 bits per heavy atom. The number of aromatic nitrogens is 1. The molecule has 0 spiro atoms. The number of nitrogens with two attached hydrogens (primary N) is 1. The molecule has 2 N–H and O–H groups in total. The molecule has 80 valence electrons. The van der Waals surface area contributed by atoms with Crippen LogP contribution in [0, 0.1) is 6.92 Å². The molecule has 15 heavy (non-hydrogen) atoms. The van der Waals surface area contributed by atoms with Gasteiger partial charge in [-0.2, -0.15) is 0 Å². The molecule has 0 aliphatic rings. The summed E-state index contributed by atoms with van der Waals surface area (Å²) in [5.74, 6) is 0.885. The molecule has 2 aromatic rings. The largest absolute Gasteiger partial charge is 0.485 e. The van der Waals surface area contributed by atoms with Gasteiger partial charge < -0.3 is 10.5 Å². The summed E-state index contributed by atoms with van der Waals surface area (Å²) in [6.07, 6.45) is 0. The first-order valence-electron chi connectivity index (χ1n) is 4.60. The van der Waals surface area contributed by atoms with Gasteiger partial charge in [0.15, 0.2) is 0 Å². The third-order valence-electron chi connectivity index (χ3n) is 1.91. The summed E-state index contributed by atoms with van der Waals surface area (Å²) in [5.41, 5.74) is 6.63. The third kappa shape index (κ3) is 2.56. The normalized spacial score (nSPS) is 10.5. The van der Waals surface area contributed by atoms with Crippen molar-refractivity contribution >= 4 is 22.7 Å². The Bertz CT molecular complexity index is 436. The fraction of sp³-hybridized carbons (Fsp3) is 0.300. The Morgan fingerprint density at radius 3 is 3.00 bits per heavy atom. The summed E-state index contributed by atoms with van der Waals surface area (Å²) in [6, 6.07) is 1.95. The van der Waals surface area contributed by atoms with E-state index in [0.717, 1.165) is 21.3 Å². The zero-order chi connectivity index (χ0) is 10.7. The summed E-state index contributed by atoms with van der Waals surface area (Å²) >= 11 is 3.24. The summed E-state index contributed by atoms with van der Waals surface area (Å²) in [6.45, 7) is 3.04. The van der Waals surface area contributed by atoms with E-state index in [2.05, 4.69) is 4.98 Å². The number of nitrogens with zero attached hydrogens (tertiary/aromatic N) is 1. The van der Waals surface area contributed by atoms with Crippen LogP contribution in [0.1, 0.15) is 15.6 Å². The molecule has 0 saturated carbocycles. The Hall–Kier alpha value is -0.910. The first-order valence-corrected chi connectivity index (χ1v) is 6.36. The summed E-state index contributed by atoms with van der Waals surface area (Å²) in [4.78, 5) is 5.42. The molecule has 0 radical (unpaired) electrons. The molecule has 0 atom stereocenters. The summed E-state index contributed by atoms with van der Waals surface area (Å²) in [7, 11) is 0. The molecule has 0 aliphatic heterocycles. The van der Waals surface area contributed by atoms with Crippen molar-refractivity contribution in [2.24, 2.45) is 5.73 Å². The van der Waals surface area contributed by atoms with Crippen LogP contribution in [0.3, 0.4) is 0 Å². The molecule has 2 aromatic heterocycles. The van der Waals surface area contributed by atoms with Crippen LogP contribution in [0.5, 0.6) is 5.75 Å². The molecule has 0 aromatic carbocycles. The number of hydrogen-bond acceptors (Lipinski definition) is 5. The molecule has 0 bridgehead atoms. The maximum atomic E-state index is 5.65. The third-order valence-corrected chi connectivity index (χ3v) is 3.77. The van der Waals surface area contributed by atoms with Gasteiger partial charge in [0.1, 0.15) is 17.4 Å². The Labute approximate surface area is 96.5 Å². The predicted octanol–water partition coefficient (Wildman–Crippen LogP) is 2.55. The number of ether oxygens (including phenoxy) is 1. The summed E-state index contributed by atoms with van der Waals surface area (Å²) < 4.78 is 5.65. The van der Waals surface area contributed by atoms with E-state index >= 15 is 0 Å². The maximum absolute atomic E-state index is 5.65. The fourth-order valence-corrected chi connectivity index (χ4v) is 2.59. The van der Waals surface area contributed by atoms with Crippen molar-refractivity contribution in [3.8, 4) is 5.75 Å². The molecule has 2 heterocycles. The molecule has 5 heteroatoms. The standard InChI is InChI=1S/C10H12N2OS2/c1-7-6-15-10(12-7)5-13-8-2-3-14-9(8)4-11/h2-3,6H,4-5,11H2,1H3. The van der Waals surface area contributed by atoms with Gasteiger partial charge in [0.05, 0.1) is 4.88 Å². The second-order valence-electron chi connectivity index (χ2n) is 3.08. The molecular formula is C10H12N2OS2. The number of hydrogen-bond donors (Lipinski definition) is 1. The van der Waals surface area contributed by atoms with Crippen LogP contribution >= 0.6 is 22.7 Å². The van der Waals surface area contributed by atoms with Crippen molar-refractivity contribution in [2.75, 3.05) is 0 Å². The van der Waals surface area contributed by atoms with E-state index in [1.54, 1.807) is 22.7 Å². The zero-order valence-electron chi connectivity index (χ0n) is 8.40. The molecule has 3 nitrogen and oxygen atoms in total. The van der Waals surface area contributed by atoms with E-state index in [1.807, 2.05) is 23.8 Å². The van der Waals surface area contributed by atoms with Crippen LogP contribution in [0.15, 0.2) is 16.8 Å². The molecule has 2 rings (SSSR count). The predicted molar refractivity (Wildman–Crippen MR) is 63.4 cm³/mol. The van der Waals surface area contributed by atoms with Gasteiger partial charge in [-0.05, 0) is 18.4 Å². The van der Waals surface area contributed by atoms with Gasteiger partial charge in [-0.25, -0.2) is 4.98 Å². The van der Waals surface area contributed by atoms with E-state index in [1.165, 1.54) is 0 Å². The van der Waals surface area contributed by atoms with Gasteiger partial charge in [0.2, 0.25) is 0 Å². The van der Waals surface area contributed by atoms with E-state index in [-0.39, 0.29) is 0 Å². The van der Waals surface area contributed by atoms with Crippen molar-refractivity contribution in [3.63, 3.8) is 0 Å². The lowest BCUT2D eigenvalue weighted by molar-refractivity contribution is 0.304.